The first-order chi connectivity index (χ1) is 7.81. The van der Waals surface area contributed by atoms with Crippen LogP contribution in [0.1, 0.15) is 17.9 Å². The summed E-state index contributed by atoms with van der Waals surface area (Å²) in [4.78, 5) is 15.5. The molecule has 0 aromatic heterocycles. The van der Waals surface area contributed by atoms with Crippen LogP contribution >= 0.6 is 0 Å². The van der Waals surface area contributed by atoms with Gasteiger partial charge in [0.15, 0.2) is 0 Å². The molecule has 2 atom stereocenters. The highest BCUT2D eigenvalue weighted by Gasteiger charge is 2.37. The van der Waals surface area contributed by atoms with Crippen LogP contribution in [0.2, 0.25) is 0 Å². The zero-order valence-corrected chi connectivity index (χ0v) is 9.06. The second kappa shape index (κ2) is 4.94. The molecular weight excluding hydrogens is 202 g/mol. The first-order valence-electron chi connectivity index (χ1n) is 5.42. The summed E-state index contributed by atoms with van der Waals surface area (Å²) >= 11 is 0. The molecule has 0 amide bonds. The number of nitrogens with one attached hydrogen (secondary N) is 1. The zero-order chi connectivity index (χ0) is 11.4. The van der Waals surface area contributed by atoms with Crippen molar-refractivity contribution < 1.29 is 9.63 Å². The van der Waals surface area contributed by atoms with E-state index in [2.05, 4.69) is 36.3 Å². The zero-order valence-electron chi connectivity index (χ0n) is 9.06. The summed E-state index contributed by atoms with van der Waals surface area (Å²) in [5, 5.41) is 0. The summed E-state index contributed by atoms with van der Waals surface area (Å²) in [5.74, 6) is 0.744. The molecule has 1 aliphatic carbocycles. The number of carbonyl (C=O) groups excluding carboxylic acids is 1. The van der Waals surface area contributed by atoms with Gasteiger partial charge in [0, 0.05) is 12.6 Å². The van der Waals surface area contributed by atoms with Crippen molar-refractivity contribution in [2.24, 2.45) is 5.92 Å². The summed E-state index contributed by atoms with van der Waals surface area (Å²) in [6, 6.07) is 10.4. The molecule has 2 rings (SSSR count). The molecule has 1 aliphatic rings. The molecule has 16 heavy (non-hydrogen) atoms. The minimum absolute atomic E-state index is 0.433. The summed E-state index contributed by atoms with van der Waals surface area (Å²) in [7, 11) is 0. The van der Waals surface area contributed by atoms with Crippen LogP contribution in [-0.2, 0) is 9.63 Å². The Balaban J connectivity index is 1.72. The SMILES string of the molecule is C=CC(=O)ONCC1CC1c1ccccc1. The van der Waals surface area contributed by atoms with Gasteiger partial charge in [-0.15, -0.1) is 0 Å². The van der Waals surface area contributed by atoms with Crippen molar-refractivity contribution in [1.29, 1.82) is 0 Å². The lowest BCUT2D eigenvalue weighted by Crippen LogP contribution is -2.21. The minimum Gasteiger partial charge on any atom is -0.367 e. The lowest BCUT2D eigenvalue weighted by molar-refractivity contribution is -0.145. The Morgan fingerprint density at radius 2 is 2.25 bits per heavy atom. The molecule has 1 fully saturated rings. The van der Waals surface area contributed by atoms with E-state index in [0.29, 0.717) is 18.4 Å². The number of carbonyl (C=O) groups is 1. The highest BCUT2D eigenvalue weighted by Crippen LogP contribution is 2.46. The molecule has 1 aromatic rings. The molecular formula is C13H15NO2. The largest absolute Gasteiger partial charge is 0.367 e. The average molecular weight is 217 g/mol. The van der Waals surface area contributed by atoms with Gasteiger partial charge in [0.1, 0.15) is 0 Å². The van der Waals surface area contributed by atoms with Gasteiger partial charge in [0.2, 0.25) is 0 Å². The van der Waals surface area contributed by atoms with Crippen LogP contribution in [0.25, 0.3) is 0 Å². The molecule has 1 saturated carbocycles. The maximum Gasteiger partial charge on any atom is 0.348 e. The number of hydrogen-bond donors (Lipinski definition) is 1. The van der Waals surface area contributed by atoms with Crippen molar-refractivity contribution in [3.63, 3.8) is 0 Å². The van der Waals surface area contributed by atoms with E-state index >= 15 is 0 Å². The molecule has 0 saturated heterocycles. The van der Waals surface area contributed by atoms with Gasteiger partial charge in [-0.2, -0.15) is 5.48 Å². The van der Waals surface area contributed by atoms with Crippen LogP contribution in [0, 0.1) is 5.92 Å². The molecule has 0 spiro atoms. The lowest BCUT2D eigenvalue weighted by Gasteiger charge is -2.03. The predicted molar refractivity (Wildman–Crippen MR) is 61.6 cm³/mol. The first-order valence-corrected chi connectivity index (χ1v) is 5.42. The Bertz CT molecular complexity index is 375. The number of hydroxylamine groups is 1. The van der Waals surface area contributed by atoms with Gasteiger partial charge < -0.3 is 4.84 Å². The van der Waals surface area contributed by atoms with E-state index in [1.165, 1.54) is 5.56 Å². The van der Waals surface area contributed by atoms with Crippen molar-refractivity contribution in [1.82, 2.24) is 5.48 Å². The summed E-state index contributed by atoms with van der Waals surface area (Å²) in [5.41, 5.74) is 4.04. The monoisotopic (exact) mass is 217 g/mol. The third-order valence-electron chi connectivity index (χ3n) is 2.84. The Labute approximate surface area is 95.1 Å². The Morgan fingerprint density at radius 3 is 2.94 bits per heavy atom. The van der Waals surface area contributed by atoms with Gasteiger partial charge in [0.25, 0.3) is 0 Å². The molecule has 0 heterocycles. The topological polar surface area (TPSA) is 38.3 Å². The second-order valence-corrected chi connectivity index (χ2v) is 3.99. The third kappa shape index (κ3) is 2.70. The number of hydrogen-bond acceptors (Lipinski definition) is 3. The van der Waals surface area contributed by atoms with Crippen LogP contribution in [0.3, 0.4) is 0 Å². The van der Waals surface area contributed by atoms with E-state index in [9.17, 15) is 4.79 Å². The van der Waals surface area contributed by atoms with E-state index in [-0.39, 0.29) is 0 Å². The number of rotatable bonds is 5. The summed E-state index contributed by atoms with van der Waals surface area (Å²) in [6.07, 6.45) is 2.30. The fourth-order valence-corrected chi connectivity index (χ4v) is 1.84. The molecule has 0 radical (unpaired) electrons. The normalized spacial score (nSPS) is 22.5. The molecule has 3 nitrogen and oxygen atoms in total. The highest BCUT2D eigenvalue weighted by atomic mass is 16.7. The quantitative estimate of drug-likeness (QED) is 0.605. The molecule has 1 N–H and O–H groups in total. The Kier molecular flexibility index (Phi) is 3.37. The maximum absolute atomic E-state index is 10.8. The lowest BCUT2D eigenvalue weighted by atomic mass is 10.1. The van der Waals surface area contributed by atoms with Crippen molar-refractivity contribution in [3.8, 4) is 0 Å². The highest BCUT2D eigenvalue weighted by molar-refractivity contribution is 5.80. The smallest absolute Gasteiger partial charge is 0.348 e. The average Bonchev–Trinajstić information content (AvgIpc) is 3.09. The standard InChI is InChI=1S/C13H15NO2/c1-2-13(15)16-14-9-11-8-12(11)10-6-4-3-5-7-10/h2-7,11-12,14H,1,8-9H2. The van der Waals surface area contributed by atoms with Gasteiger partial charge in [-0.25, -0.2) is 4.79 Å². The van der Waals surface area contributed by atoms with Crippen molar-refractivity contribution in [2.75, 3.05) is 6.54 Å². The fourth-order valence-electron chi connectivity index (χ4n) is 1.84. The molecule has 1 aromatic carbocycles. The fraction of sp³-hybridized carbons (Fsp3) is 0.308. The van der Waals surface area contributed by atoms with Gasteiger partial charge in [-0.3, -0.25) is 0 Å². The summed E-state index contributed by atoms with van der Waals surface area (Å²) in [6.45, 7) is 4.03. The van der Waals surface area contributed by atoms with E-state index in [0.717, 1.165) is 12.5 Å². The van der Waals surface area contributed by atoms with Gasteiger partial charge in [-0.05, 0) is 23.8 Å². The van der Waals surface area contributed by atoms with E-state index in [4.69, 9.17) is 4.84 Å². The van der Waals surface area contributed by atoms with Crippen LogP contribution in [0.15, 0.2) is 43.0 Å². The molecule has 0 aliphatic heterocycles. The second-order valence-electron chi connectivity index (χ2n) is 3.99. The molecule has 0 bridgehead atoms. The van der Waals surface area contributed by atoms with Gasteiger partial charge >= 0.3 is 5.97 Å². The van der Waals surface area contributed by atoms with Crippen LogP contribution in [0.5, 0.6) is 0 Å². The van der Waals surface area contributed by atoms with E-state index in [1.807, 2.05) is 6.07 Å². The van der Waals surface area contributed by atoms with Crippen LogP contribution < -0.4 is 5.48 Å². The summed E-state index contributed by atoms with van der Waals surface area (Å²) < 4.78 is 0. The molecule has 84 valence electrons. The van der Waals surface area contributed by atoms with Crippen LogP contribution in [-0.4, -0.2) is 12.5 Å². The van der Waals surface area contributed by atoms with Gasteiger partial charge in [0.05, 0.1) is 0 Å². The molecule has 2 unspecified atom stereocenters. The minimum atomic E-state index is -0.433. The van der Waals surface area contributed by atoms with Crippen molar-refractivity contribution >= 4 is 5.97 Å². The molecule has 3 heteroatoms. The third-order valence-corrected chi connectivity index (χ3v) is 2.84. The Hall–Kier alpha value is -1.61. The van der Waals surface area contributed by atoms with Gasteiger partial charge in [-0.1, -0.05) is 36.9 Å². The predicted octanol–water partition coefficient (Wildman–Crippen LogP) is 2.02. The number of benzene rings is 1. The first kappa shape index (κ1) is 10.9. The van der Waals surface area contributed by atoms with Crippen LogP contribution in [0.4, 0.5) is 0 Å². The maximum atomic E-state index is 10.8. The van der Waals surface area contributed by atoms with E-state index in [1.54, 1.807) is 0 Å². The Morgan fingerprint density at radius 1 is 1.50 bits per heavy atom. The van der Waals surface area contributed by atoms with Crippen molar-refractivity contribution in [3.05, 3.63) is 48.6 Å². The van der Waals surface area contributed by atoms with E-state index < -0.39 is 5.97 Å². The van der Waals surface area contributed by atoms with Crippen molar-refractivity contribution in [2.45, 2.75) is 12.3 Å².